The molecule has 1 aliphatic heterocycles. The summed E-state index contributed by atoms with van der Waals surface area (Å²) in [6, 6.07) is 16.1. The maximum Gasteiger partial charge on any atom is 0.220 e. The summed E-state index contributed by atoms with van der Waals surface area (Å²) in [6.07, 6.45) is 1.35. The highest BCUT2D eigenvalue weighted by Crippen LogP contribution is 2.26. The number of nitrogens with zero attached hydrogens (tertiary/aromatic N) is 1. The van der Waals surface area contributed by atoms with Crippen molar-refractivity contribution in [2.75, 3.05) is 13.1 Å². The van der Waals surface area contributed by atoms with Crippen LogP contribution in [0, 0.1) is 6.92 Å². The Morgan fingerprint density at radius 3 is 2.71 bits per heavy atom. The van der Waals surface area contributed by atoms with Gasteiger partial charge in [0.05, 0.1) is 6.54 Å². The predicted molar refractivity (Wildman–Crippen MR) is 112 cm³/mol. The molecule has 1 amide bonds. The first-order chi connectivity index (χ1) is 13.6. The van der Waals surface area contributed by atoms with Gasteiger partial charge in [0.25, 0.3) is 0 Å². The van der Waals surface area contributed by atoms with E-state index in [4.69, 9.17) is 9.73 Å². The zero-order valence-corrected chi connectivity index (χ0v) is 16.5. The molecule has 2 aromatic carbocycles. The number of aliphatic imine (C=N–C) groups is 1. The second-order valence-electron chi connectivity index (χ2n) is 6.90. The first-order valence-corrected chi connectivity index (χ1v) is 9.78. The van der Waals surface area contributed by atoms with Crippen LogP contribution in [0.4, 0.5) is 0 Å². The zero-order chi connectivity index (χ0) is 19.8. The van der Waals surface area contributed by atoms with Crippen molar-refractivity contribution in [3.8, 4) is 11.5 Å². The van der Waals surface area contributed by atoms with Gasteiger partial charge in [0.15, 0.2) is 5.96 Å². The topological polar surface area (TPSA) is 74.8 Å². The van der Waals surface area contributed by atoms with Crippen molar-refractivity contribution in [2.24, 2.45) is 4.99 Å². The summed E-state index contributed by atoms with van der Waals surface area (Å²) in [5.41, 5.74) is 2.21. The largest absolute Gasteiger partial charge is 0.457 e. The van der Waals surface area contributed by atoms with E-state index in [9.17, 15) is 4.79 Å². The fraction of sp³-hybridized carbons (Fsp3) is 0.364. The third-order valence-electron chi connectivity index (χ3n) is 4.58. The smallest absolute Gasteiger partial charge is 0.220 e. The van der Waals surface area contributed by atoms with E-state index in [1.807, 2.05) is 55.5 Å². The van der Waals surface area contributed by atoms with E-state index in [1.54, 1.807) is 0 Å². The van der Waals surface area contributed by atoms with E-state index < -0.39 is 0 Å². The maximum absolute atomic E-state index is 11.3. The Kier molecular flexibility index (Phi) is 6.89. The summed E-state index contributed by atoms with van der Waals surface area (Å²) >= 11 is 0. The fourth-order valence-electron chi connectivity index (χ4n) is 3.00. The summed E-state index contributed by atoms with van der Waals surface area (Å²) in [6.45, 7) is 5.98. The predicted octanol–water partition coefficient (Wildman–Crippen LogP) is 3.12. The third-order valence-corrected chi connectivity index (χ3v) is 4.58. The van der Waals surface area contributed by atoms with Gasteiger partial charge in [-0.1, -0.05) is 35.9 Å². The van der Waals surface area contributed by atoms with Gasteiger partial charge in [-0.05, 0) is 38.5 Å². The van der Waals surface area contributed by atoms with Crippen LogP contribution >= 0.6 is 0 Å². The Balaban J connectivity index is 1.68. The third kappa shape index (κ3) is 5.74. The number of aryl methyl sites for hydroxylation is 1. The molecule has 3 rings (SSSR count). The van der Waals surface area contributed by atoms with Crippen LogP contribution in [0.15, 0.2) is 53.5 Å². The van der Waals surface area contributed by atoms with Gasteiger partial charge in [-0.2, -0.15) is 0 Å². The molecular weight excluding hydrogens is 352 g/mol. The lowest BCUT2D eigenvalue weighted by Gasteiger charge is -2.25. The van der Waals surface area contributed by atoms with Crippen molar-refractivity contribution in [1.82, 2.24) is 16.0 Å². The van der Waals surface area contributed by atoms with Crippen LogP contribution in [0.3, 0.4) is 0 Å². The minimum Gasteiger partial charge on any atom is -0.457 e. The summed E-state index contributed by atoms with van der Waals surface area (Å²) in [7, 11) is 0. The molecule has 3 N–H and O–H groups in total. The van der Waals surface area contributed by atoms with Crippen molar-refractivity contribution >= 4 is 11.9 Å². The standard InChI is InChI=1S/C22H28N4O2/c1-3-23-22(26-18-10-13-21(27)24-15-18)25-14-17-6-4-5-7-20(17)28-19-11-8-16(2)9-12-19/h4-9,11-12,18H,3,10,13-15H2,1-2H3,(H,24,27)(H2,23,25,26). The quantitative estimate of drug-likeness (QED) is 0.532. The molecule has 0 spiro atoms. The Morgan fingerprint density at radius 2 is 2.00 bits per heavy atom. The Bertz CT molecular complexity index is 808. The molecule has 1 saturated heterocycles. The van der Waals surface area contributed by atoms with E-state index in [0.29, 0.717) is 19.5 Å². The van der Waals surface area contributed by atoms with E-state index in [1.165, 1.54) is 5.56 Å². The lowest BCUT2D eigenvalue weighted by molar-refractivity contribution is -0.122. The van der Waals surface area contributed by atoms with Crippen LogP contribution in [-0.2, 0) is 11.3 Å². The van der Waals surface area contributed by atoms with Crippen molar-refractivity contribution < 1.29 is 9.53 Å². The molecule has 2 aromatic rings. The lowest BCUT2D eigenvalue weighted by atomic mass is 10.1. The number of rotatable bonds is 6. The molecule has 0 aliphatic carbocycles. The lowest BCUT2D eigenvalue weighted by Crippen LogP contribution is -2.51. The molecule has 1 aliphatic rings. The summed E-state index contributed by atoms with van der Waals surface area (Å²) in [5.74, 6) is 2.47. The van der Waals surface area contributed by atoms with E-state index in [2.05, 4.69) is 22.9 Å². The highest BCUT2D eigenvalue weighted by molar-refractivity contribution is 5.81. The zero-order valence-electron chi connectivity index (χ0n) is 16.5. The van der Waals surface area contributed by atoms with Gasteiger partial charge in [0.2, 0.25) is 5.91 Å². The highest BCUT2D eigenvalue weighted by atomic mass is 16.5. The van der Waals surface area contributed by atoms with E-state index in [-0.39, 0.29) is 11.9 Å². The second kappa shape index (κ2) is 9.78. The number of nitrogens with one attached hydrogen (secondary N) is 3. The van der Waals surface area contributed by atoms with E-state index in [0.717, 1.165) is 36.0 Å². The highest BCUT2D eigenvalue weighted by Gasteiger charge is 2.18. The van der Waals surface area contributed by atoms with Gasteiger partial charge in [-0.15, -0.1) is 0 Å². The normalized spacial score (nSPS) is 17.0. The van der Waals surface area contributed by atoms with Crippen molar-refractivity contribution in [2.45, 2.75) is 39.3 Å². The molecular formula is C22H28N4O2. The summed E-state index contributed by atoms with van der Waals surface area (Å²) < 4.78 is 6.06. The number of para-hydroxylation sites is 1. The number of amides is 1. The van der Waals surface area contributed by atoms with Crippen molar-refractivity contribution in [3.05, 3.63) is 59.7 Å². The molecule has 1 fully saturated rings. The van der Waals surface area contributed by atoms with Crippen LogP contribution in [0.25, 0.3) is 0 Å². The first-order valence-electron chi connectivity index (χ1n) is 9.78. The Morgan fingerprint density at radius 1 is 1.21 bits per heavy atom. The molecule has 148 valence electrons. The molecule has 6 heteroatoms. The molecule has 0 bridgehead atoms. The number of hydrogen-bond donors (Lipinski definition) is 3. The van der Waals surface area contributed by atoms with Crippen LogP contribution in [0.1, 0.15) is 30.9 Å². The maximum atomic E-state index is 11.3. The molecule has 6 nitrogen and oxygen atoms in total. The average molecular weight is 380 g/mol. The van der Waals surface area contributed by atoms with Gasteiger partial charge in [0, 0.05) is 31.1 Å². The van der Waals surface area contributed by atoms with Gasteiger partial charge < -0.3 is 20.7 Å². The summed E-state index contributed by atoms with van der Waals surface area (Å²) in [5, 5.41) is 9.57. The number of carbonyl (C=O) groups excluding carboxylic acids is 1. The fourth-order valence-corrected chi connectivity index (χ4v) is 3.00. The molecule has 1 heterocycles. The summed E-state index contributed by atoms with van der Waals surface area (Å²) in [4.78, 5) is 16.1. The average Bonchev–Trinajstić information content (AvgIpc) is 2.71. The van der Waals surface area contributed by atoms with Gasteiger partial charge in [-0.3, -0.25) is 4.79 Å². The van der Waals surface area contributed by atoms with Crippen LogP contribution in [-0.4, -0.2) is 31.0 Å². The van der Waals surface area contributed by atoms with Crippen LogP contribution < -0.4 is 20.7 Å². The van der Waals surface area contributed by atoms with Crippen LogP contribution in [0.2, 0.25) is 0 Å². The first kappa shape index (κ1) is 19.7. The molecule has 28 heavy (non-hydrogen) atoms. The van der Waals surface area contributed by atoms with Crippen molar-refractivity contribution in [1.29, 1.82) is 0 Å². The van der Waals surface area contributed by atoms with Gasteiger partial charge >= 0.3 is 0 Å². The number of benzene rings is 2. The van der Waals surface area contributed by atoms with E-state index >= 15 is 0 Å². The molecule has 1 unspecified atom stereocenters. The number of hydrogen-bond acceptors (Lipinski definition) is 3. The monoisotopic (exact) mass is 380 g/mol. The van der Waals surface area contributed by atoms with Crippen molar-refractivity contribution in [3.63, 3.8) is 0 Å². The molecule has 0 saturated carbocycles. The van der Waals surface area contributed by atoms with Gasteiger partial charge in [-0.25, -0.2) is 4.99 Å². The number of piperidine rings is 1. The molecule has 1 atom stereocenters. The minimum atomic E-state index is 0.113. The Hall–Kier alpha value is -3.02. The second-order valence-corrected chi connectivity index (χ2v) is 6.90. The molecule has 0 radical (unpaired) electrons. The Labute approximate surface area is 166 Å². The molecule has 0 aromatic heterocycles. The number of carbonyl (C=O) groups is 1. The number of ether oxygens (including phenoxy) is 1. The number of guanidine groups is 1. The minimum absolute atomic E-state index is 0.113. The SMILES string of the molecule is CCNC(=NCc1ccccc1Oc1ccc(C)cc1)NC1CCC(=O)NC1. The van der Waals surface area contributed by atoms with Crippen LogP contribution in [0.5, 0.6) is 11.5 Å². The van der Waals surface area contributed by atoms with Gasteiger partial charge in [0.1, 0.15) is 11.5 Å².